The molecule has 2 N–H and O–H groups in total. The van der Waals surface area contributed by atoms with Crippen LogP contribution in [-0.4, -0.2) is 16.1 Å². The number of alkyl halides is 3. The highest BCUT2D eigenvalue weighted by Crippen LogP contribution is 2.34. The highest BCUT2D eigenvalue weighted by molar-refractivity contribution is 5.99. The maximum atomic E-state index is 12.7. The molecule has 0 spiro atoms. The summed E-state index contributed by atoms with van der Waals surface area (Å²) in [5.74, 6) is 0. The van der Waals surface area contributed by atoms with Gasteiger partial charge in [0, 0.05) is 28.7 Å². The fourth-order valence-electron chi connectivity index (χ4n) is 2.33. The number of halogens is 3. The summed E-state index contributed by atoms with van der Waals surface area (Å²) in [6.45, 7) is 0. The molecule has 3 aromatic rings. The van der Waals surface area contributed by atoms with Gasteiger partial charge in [0.25, 0.3) is 5.69 Å². The predicted octanol–water partition coefficient (Wildman–Crippen LogP) is 4.54. The van der Waals surface area contributed by atoms with E-state index in [4.69, 9.17) is 0 Å². The molecule has 0 saturated heterocycles. The molecule has 0 bridgehead atoms. The minimum Gasteiger partial charge on any atom is -0.361 e. The molecule has 0 aliphatic carbocycles. The fraction of sp³-hybridized carbons (Fsp3) is 0.0625. The first-order valence-electron chi connectivity index (χ1n) is 7.07. The van der Waals surface area contributed by atoms with Crippen LogP contribution in [0.25, 0.3) is 10.9 Å². The lowest BCUT2D eigenvalue weighted by molar-refractivity contribution is -0.384. The summed E-state index contributed by atoms with van der Waals surface area (Å²) in [5.41, 5.74) is 2.12. The van der Waals surface area contributed by atoms with Crippen LogP contribution in [0.2, 0.25) is 0 Å². The number of anilines is 1. The first-order chi connectivity index (χ1) is 11.9. The van der Waals surface area contributed by atoms with Gasteiger partial charge in [0.15, 0.2) is 0 Å². The molecule has 128 valence electrons. The van der Waals surface area contributed by atoms with Gasteiger partial charge in [0.2, 0.25) is 0 Å². The van der Waals surface area contributed by atoms with Crippen molar-refractivity contribution < 1.29 is 18.1 Å². The van der Waals surface area contributed by atoms with E-state index in [2.05, 4.69) is 15.5 Å². The largest absolute Gasteiger partial charge is 0.416 e. The second kappa shape index (κ2) is 6.27. The Morgan fingerprint density at radius 3 is 2.68 bits per heavy atom. The number of nitrogens with zero attached hydrogens (tertiary/aromatic N) is 2. The number of nitro benzene ring substituents is 1. The molecular formula is C16H11F3N4O2. The molecule has 2 aromatic carbocycles. The van der Waals surface area contributed by atoms with Crippen molar-refractivity contribution in [2.24, 2.45) is 5.10 Å². The number of benzene rings is 2. The lowest BCUT2D eigenvalue weighted by Gasteiger charge is -2.08. The number of hydrogen-bond donors (Lipinski definition) is 2. The number of hydrazone groups is 1. The highest BCUT2D eigenvalue weighted by atomic mass is 19.4. The average Bonchev–Trinajstić information content (AvgIpc) is 2.97. The number of rotatable bonds is 4. The van der Waals surface area contributed by atoms with Crippen LogP contribution in [0.1, 0.15) is 11.1 Å². The lowest BCUT2D eigenvalue weighted by Crippen LogP contribution is -2.06. The number of hydrogen-bond acceptors (Lipinski definition) is 4. The number of para-hydroxylation sites is 1. The van der Waals surface area contributed by atoms with E-state index in [1.807, 2.05) is 24.3 Å². The van der Waals surface area contributed by atoms with Crippen LogP contribution in [0.4, 0.5) is 24.5 Å². The molecule has 0 saturated carbocycles. The third-order valence-electron chi connectivity index (χ3n) is 3.53. The van der Waals surface area contributed by atoms with Gasteiger partial charge in [0.05, 0.1) is 16.7 Å². The second-order valence-corrected chi connectivity index (χ2v) is 5.15. The summed E-state index contributed by atoms with van der Waals surface area (Å²) >= 11 is 0. The third-order valence-corrected chi connectivity index (χ3v) is 3.53. The van der Waals surface area contributed by atoms with Crippen LogP contribution in [0, 0.1) is 10.1 Å². The smallest absolute Gasteiger partial charge is 0.361 e. The van der Waals surface area contributed by atoms with Crippen molar-refractivity contribution in [1.82, 2.24) is 4.98 Å². The van der Waals surface area contributed by atoms with E-state index in [1.54, 1.807) is 6.20 Å². The van der Waals surface area contributed by atoms with Crippen molar-refractivity contribution in [3.8, 4) is 0 Å². The van der Waals surface area contributed by atoms with Crippen molar-refractivity contribution in [2.45, 2.75) is 6.18 Å². The van der Waals surface area contributed by atoms with Crippen molar-refractivity contribution in [2.75, 3.05) is 5.43 Å². The Balaban J connectivity index is 1.86. The molecule has 3 rings (SSSR count). The normalized spacial score (nSPS) is 12.0. The maximum absolute atomic E-state index is 12.7. The Kier molecular flexibility index (Phi) is 4.14. The lowest BCUT2D eigenvalue weighted by atomic mass is 10.1. The Hall–Kier alpha value is -3.36. The van der Waals surface area contributed by atoms with Crippen molar-refractivity contribution in [1.29, 1.82) is 0 Å². The third kappa shape index (κ3) is 3.44. The van der Waals surface area contributed by atoms with Gasteiger partial charge < -0.3 is 4.98 Å². The van der Waals surface area contributed by atoms with E-state index in [1.165, 1.54) is 6.21 Å². The molecule has 0 atom stereocenters. The zero-order valence-corrected chi connectivity index (χ0v) is 12.5. The van der Waals surface area contributed by atoms with Gasteiger partial charge in [-0.1, -0.05) is 18.2 Å². The number of nitrogens with one attached hydrogen (secondary N) is 2. The summed E-state index contributed by atoms with van der Waals surface area (Å²) in [7, 11) is 0. The van der Waals surface area contributed by atoms with Crippen LogP contribution in [0.3, 0.4) is 0 Å². The van der Waals surface area contributed by atoms with Crippen LogP contribution in [0.15, 0.2) is 53.8 Å². The van der Waals surface area contributed by atoms with Crippen molar-refractivity contribution in [3.05, 3.63) is 69.9 Å². The minimum atomic E-state index is -4.66. The van der Waals surface area contributed by atoms with Crippen LogP contribution < -0.4 is 5.43 Å². The summed E-state index contributed by atoms with van der Waals surface area (Å²) < 4.78 is 38.0. The Bertz CT molecular complexity index is 963. The standard InChI is InChI=1S/C16H11F3N4O2/c17-16(18,19)11-5-6-14(15(7-11)23(24)25)22-21-9-10-8-20-13-4-2-1-3-12(10)13/h1-9,20,22H/b21-9+. The van der Waals surface area contributed by atoms with E-state index in [9.17, 15) is 23.3 Å². The van der Waals surface area contributed by atoms with E-state index >= 15 is 0 Å². The number of aromatic amines is 1. The van der Waals surface area contributed by atoms with Gasteiger partial charge in [-0.05, 0) is 18.2 Å². The van der Waals surface area contributed by atoms with Crippen LogP contribution in [-0.2, 0) is 6.18 Å². The number of aromatic nitrogens is 1. The number of fused-ring (bicyclic) bond motifs is 1. The number of H-pyrrole nitrogens is 1. The zero-order valence-electron chi connectivity index (χ0n) is 12.5. The second-order valence-electron chi connectivity index (χ2n) is 5.15. The van der Waals surface area contributed by atoms with Gasteiger partial charge in [-0.2, -0.15) is 18.3 Å². The molecule has 9 heteroatoms. The van der Waals surface area contributed by atoms with Crippen molar-refractivity contribution in [3.63, 3.8) is 0 Å². The molecule has 0 aliphatic heterocycles. The molecule has 0 amide bonds. The van der Waals surface area contributed by atoms with E-state index < -0.39 is 22.4 Å². The Morgan fingerprint density at radius 1 is 1.20 bits per heavy atom. The molecule has 25 heavy (non-hydrogen) atoms. The predicted molar refractivity (Wildman–Crippen MR) is 87.6 cm³/mol. The average molecular weight is 348 g/mol. The van der Waals surface area contributed by atoms with Gasteiger partial charge in [-0.3, -0.25) is 15.5 Å². The summed E-state index contributed by atoms with van der Waals surface area (Å²) in [5, 5.41) is 15.8. The molecule has 0 radical (unpaired) electrons. The summed E-state index contributed by atoms with van der Waals surface area (Å²) in [4.78, 5) is 13.2. The van der Waals surface area contributed by atoms with E-state index in [0.29, 0.717) is 6.07 Å². The van der Waals surface area contributed by atoms with Gasteiger partial charge >= 0.3 is 6.18 Å². The molecule has 0 unspecified atom stereocenters. The van der Waals surface area contributed by atoms with Gasteiger partial charge in [0.1, 0.15) is 5.69 Å². The minimum absolute atomic E-state index is 0.130. The van der Waals surface area contributed by atoms with Crippen molar-refractivity contribution >= 4 is 28.5 Å². The summed E-state index contributed by atoms with van der Waals surface area (Å²) in [6, 6.07) is 9.67. The molecule has 0 fully saturated rings. The van der Waals surface area contributed by atoms with E-state index in [-0.39, 0.29) is 5.69 Å². The highest BCUT2D eigenvalue weighted by Gasteiger charge is 2.33. The molecule has 0 aliphatic rings. The first kappa shape index (κ1) is 16.5. The molecular weight excluding hydrogens is 337 g/mol. The van der Waals surface area contributed by atoms with Crippen LogP contribution in [0.5, 0.6) is 0 Å². The first-order valence-corrected chi connectivity index (χ1v) is 7.07. The topological polar surface area (TPSA) is 83.3 Å². The monoisotopic (exact) mass is 348 g/mol. The SMILES string of the molecule is O=[N+]([O-])c1cc(C(F)(F)F)ccc1N/N=C/c1c[nH]c2ccccc12. The Labute approximate surface area is 139 Å². The maximum Gasteiger partial charge on any atom is 0.416 e. The summed E-state index contributed by atoms with van der Waals surface area (Å²) in [6.07, 6.45) is -1.52. The Morgan fingerprint density at radius 2 is 1.96 bits per heavy atom. The molecule has 1 aromatic heterocycles. The quantitative estimate of drug-likeness (QED) is 0.412. The molecule has 1 heterocycles. The van der Waals surface area contributed by atoms with E-state index in [0.717, 1.165) is 28.6 Å². The van der Waals surface area contributed by atoms with Gasteiger partial charge in [-0.15, -0.1) is 0 Å². The van der Waals surface area contributed by atoms with Gasteiger partial charge in [-0.25, -0.2) is 0 Å². The fourth-order valence-corrected chi connectivity index (χ4v) is 2.33. The number of nitro groups is 1. The zero-order chi connectivity index (χ0) is 18.0. The van der Waals surface area contributed by atoms with Crippen LogP contribution >= 0.6 is 0 Å². The molecule has 6 nitrogen and oxygen atoms in total.